The Balaban J connectivity index is 2.20. The highest BCUT2D eigenvalue weighted by molar-refractivity contribution is 5.76. The lowest BCUT2D eigenvalue weighted by Crippen LogP contribution is -2.32. The number of aryl methyl sites for hydroxylation is 1. The zero-order valence-corrected chi connectivity index (χ0v) is 10.8. The lowest BCUT2D eigenvalue weighted by molar-refractivity contribution is -0.130. The summed E-state index contributed by atoms with van der Waals surface area (Å²) in [6.45, 7) is 6.85. The van der Waals surface area contributed by atoms with Crippen molar-refractivity contribution in [3.63, 3.8) is 0 Å². The van der Waals surface area contributed by atoms with Crippen LogP contribution in [0.4, 0.5) is 0 Å². The Bertz CT molecular complexity index is 345. The topological polar surface area (TPSA) is 63.1 Å². The first-order valence-electron chi connectivity index (χ1n) is 6.00. The maximum Gasteiger partial charge on any atom is 0.223 e. The minimum Gasteiger partial charge on any atom is -0.343 e. The predicted molar refractivity (Wildman–Crippen MR) is 65.3 cm³/mol. The summed E-state index contributed by atoms with van der Waals surface area (Å²) < 4.78 is 1.72. The molecule has 6 heteroatoms. The van der Waals surface area contributed by atoms with Gasteiger partial charge in [-0.2, -0.15) is 5.10 Å². The second kappa shape index (κ2) is 7.01. The number of carbonyl (C=O) groups excluding carboxylic acids is 1. The van der Waals surface area contributed by atoms with Crippen molar-refractivity contribution in [3.8, 4) is 0 Å². The molecule has 0 aliphatic rings. The van der Waals surface area contributed by atoms with Crippen molar-refractivity contribution in [2.24, 2.45) is 7.05 Å². The van der Waals surface area contributed by atoms with Crippen LogP contribution in [0.25, 0.3) is 0 Å². The number of rotatable bonds is 7. The number of carbonyl (C=O) groups is 1. The van der Waals surface area contributed by atoms with Gasteiger partial charge in [0, 0.05) is 33.1 Å². The molecule has 96 valence electrons. The van der Waals surface area contributed by atoms with E-state index in [9.17, 15) is 4.79 Å². The summed E-state index contributed by atoms with van der Waals surface area (Å²) in [5.74, 6) is 1.07. The molecule has 0 aliphatic carbocycles. The van der Waals surface area contributed by atoms with Crippen LogP contribution in [0.2, 0.25) is 0 Å². The van der Waals surface area contributed by atoms with Gasteiger partial charge in [-0.3, -0.25) is 9.48 Å². The van der Waals surface area contributed by atoms with Crippen LogP contribution in [0, 0.1) is 0 Å². The van der Waals surface area contributed by atoms with Crippen LogP contribution in [-0.4, -0.2) is 45.2 Å². The zero-order chi connectivity index (χ0) is 12.7. The molecule has 0 saturated heterocycles. The minimum absolute atomic E-state index is 0.195. The minimum atomic E-state index is 0.195. The molecule has 0 fully saturated rings. The van der Waals surface area contributed by atoms with Gasteiger partial charge in [0.25, 0.3) is 0 Å². The van der Waals surface area contributed by atoms with Crippen molar-refractivity contribution in [1.82, 2.24) is 25.0 Å². The molecule has 1 heterocycles. The molecule has 0 aromatic carbocycles. The van der Waals surface area contributed by atoms with Gasteiger partial charge in [0.2, 0.25) is 5.91 Å². The molecule has 1 N–H and O–H groups in total. The molecule has 1 aromatic heterocycles. The molecule has 0 radical (unpaired) electrons. The lowest BCUT2D eigenvalue weighted by Gasteiger charge is -2.18. The predicted octanol–water partition coefficient (Wildman–Crippen LogP) is 0.163. The molecule has 1 aromatic rings. The van der Waals surface area contributed by atoms with E-state index in [0.717, 1.165) is 18.9 Å². The van der Waals surface area contributed by atoms with Crippen LogP contribution >= 0.6 is 0 Å². The number of nitrogens with zero attached hydrogens (tertiary/aromatic N) is 4. The molecule has 0 aliphatic heterocycles. The van der Waals surface area contributed by atoms with Crippen molar-refractivity contribution >= 4 is 5.91 Å². The van der Waals surface area contributed by atoms with Crippen LogP contribution in [0.15, 0.2) is 6.33 Å². The molecule has 0 atom stereocenters. The third kappa shape index (κ3) is 4.14. The van der Waals surface area contributed by atoms with E-state index in [1.165, 1.54) is 6.33 Å². The molecule has 6 nitrogen and oxygen atoms in total. The first-order valence-corrected chi connectivity index (χ1v) is 6.00. The number of hydrogen-bond donors (Lipinski definition) is 1. The summed E-state index contributed by atoms with van der Waals surface area (Å²) in [4.78, 5) is 17.6. The molecule has 0 spiro atoms. The van der Waals surface area contributed by atoms with Gasteiger partial charge < -0.3 is 10.2 Å². The monoisotopic (exact) mass is 239 g/mol. The van der Waals surface area contributed by atoms with E-state index in [2.05, 4.69) is 15.4 Å². The highest BCUT2D eigenvalue weighted by Crippen LogP contribution is 1.94. The average Bonchev–Trinajstić information content (AvgIpc) is 2.72. The van der Waals surface area contributed by atoms with E-state index in [0.29, 0.717) is 19.5 Å². The van der Waals surface area contributed by atoms with Crippen LogP contribution in [0.1, 0.15) is 26.1 Å². The molecule has 0 bridgehead atoms. The van der Waals surface area contributed by atoms with Crippen molar-refractivity contribution in [2.75, 3.05) is 19.6 Å². The van der Waals surface area contributed by atoms with E-state index in [4.69, 9.17) is 0 Å². The van der Waals surface area contributed by atoms with Crippen LogP contribution in [0.5, 0.6) is 0 Å². The van der Waals surface area contributed by atoms with E-state index < -0.39 is 0 Å². The Morgan fingerprint density at radius 2 is 2.18 bits per heavy atom. The van der Waals surface area contributed by atoms with Crippen LogP contribution in [-0.2, 0) is 18.4 Å². The van der Waals surface area contributed by atoms with Gasteiger partial charge in [0.05, 0.1) is 6.54 Å². The van der Waals surface area contributed by atoms with Crippen molar-refractivity contribution in [3.05, 3.63) is 12.2 Å². The maximum atomic E-state index is 11.7. The van der Waals surface area contributed by atoms with Gasteiger partial charge >= 0.3 is 0 Å². The Kier molecular flexibility index (Phi) is 5.62. The summed E-state index contributed by atoms with van der Waals surface area (Å²) >= 11 is 0. The Labute approximate surface area is 102 Å². The van der Waals surface area contributed by atoms with Crippen molar-refractivity contribution < 1.29 is 4.79 Å². The number of aromatic nitrogens is 3. The van der Waals surface area contributed by atoms with E-state index in [1.807, 2.05) is 25.8 Å². The van der Waals surface area contributed by atoms with Gasteiger partial charge in [0.1, 0.15) is 12.2 Å². The number of amides is 1. The third-order valence-corrected chi connectivity index (χ3v) is 2.72. The quantitative estimate of drug-likeness (QED) is 0.689. The second-order valence-electron chi connectivity index (χ2n) is 3.79. The van der Waals surface area contributed by atoms with Gasteiger partial charge in [-0.1, -0.05) is 0 Å². The fourth-order valence-corrected chi connectivity index (χ4v) is 1.61. The molecule has 17 heavy (non-hydrogen) atoms. The largest absolute Gasteiger partial charge is 0.343 e. The fourth-order valence-electron chi connectivity index (χ4n) is 1.61. The summed E-state index contributed by atoms with van der Waals surface area (Å²) in [6, 6.07) is 0. The SMILES string of the molecule is CCN(CC)C(=O)CCNCc1ncnn1C. The van der Waals surface area contributed by atoms with Crippen molar-refractivity contribution in [2.45, 2.75) is 26.8 Å². The van der Waals surface area contributed by atoms with E-state index in [-0.39, 0.29) is 5.91 Å². The second-order valence-corrected chi connectivity index (χ2v) is 3.79. The Morgan fingerprint density at radius 1 is 1.47 bits per heavy atom. The fraction of sp³-hybridized carbons (Fsp3) is 0.727. The molecule has 1 amide bonds. The Morgan fingerprint density at radius 3 is 2.71 bits per heavy atom. The normalized spacial score (nSPS) is 10.5. The van der Waals surface area contributed by atoms with Gasteiger partial charge in [-0.25, -0.2) is 4.98 Å². The average molecular weight is 239 g/mol. The summed E-state index contributed by atoms with van der Waals surface area (Å²) in [5.41, 5.74) is 0. The zero-order valence-electron chi connectivity index (χ0n) is 10.8. The van der Waals surface area contributed by atoms with Crippen LogP contribution < -0.4 is 5.32 Å². The Hall–Kier alpha value is -1.43. The van der Waals surface area contributed by atoms with E-state index in [1.54, 1.807) is 4.68 Å². The first-order chi connectivity index (χ1) is 8.19. The van der Waals surface area contributed by atoms with Crippen LogP contribution in [0.3, 0.4) is 0 Å². The molecule has 0 unspecified atom stereocenters. The van der Waals surface area contributed by atoms with Gasteiger partial charge in [0.15, 0.2) is 0 Å². The van der Waals surface area contributed by atoms with Gasteiger partial charge in [-0.15, -0.1) is 0 Å². The standard InChI is InChI=1S/C11H21N5O/c1-4-16(5-2)11(17)6-7-12-8-10-13-9-14-15(10)3/h9,12H,4-8H2,1-3H3. The lowest BCUT2D eigenvalue weighted by atomic mass is 10.3. The number of hydrogen-bond acceptors (Lipinski definition) is 4. The highest BCUT2D eigenvalue weighted by atomic mass is 16.2. The van der Waals surface area contributed by atoms with Gasteiger partial charge in [-0.05, 0) is 13.8 Å². The molecule has 0 saturated carbocycles. The smallest absolute Gasteiger partial charge is 0.223 e. The van der Waals surface area contributed by atoms with Crippen molar-refractivity contribution in [1.29, 1.82) is 0 Å². The summed E-state index contributed by atoms with van der Waals surface area (Å²) in [6.07, 6.45) is 2.05. The summed E-state index contributed by atoms with van der Waals surface area (Å²) in [7, 11) is 1.85. The first kappa shape index (κ1) is 13.6. The summed E-state index contributed by atoms with van der Waals surface area (Å²) in [5, 5.41) is 7.17. The number of nitrogens with one attached hydrogen (secondary N) is 1. The molecule has 1 rings (SSSR count). The highest BCUT2D eigenvalue weighted by Gasteiger charge is 2.08. The maximum absolute atomic E-state index is 11.7. The van der Waals surface area contributed by atoms with E-state index >= 15 is 0 Å². The molecular weight excluding hydrogens is 218 g/mol. The molecular formula is C11H21N5O. The third-order valence-electron chi connectivity index (χ3n) is 2.72.